The molecule has 0 bridgehead atoms. The number of fused-ring (bicyclic) bond motifs is 1. The topological polar surface area (TPSA) is 161 Å². The fraction of sp³-hybridized carbons (Fsp3) is 0.349. The summed E-state index contributed by atoms with van der Waals surface area (Å²) in [6.45, 7) is 10.9. The lowest BCUT2D eigenvalue weighted by Crippen LogP contribution is -2.39. The molecule has 13 heteroatoms. The van der Waals surface area contributed by atoms with Gasteiger partial charge in [0.05, 0.1) is 28.5 Å². The monoisotopic (exact) mass is 751 g/mol. The lowest BCUT2D eigenvalue weighted by atomic mass is 9.86. The highest BCUT2D eigenvalue weighted by Gasteiger charge is 2.29. The lowest BCUT2D eigenvalue weighted by molar-refractivity contribution is -0.134. The molecule has 2 aliphatic rings. The van der Waals surface area contributed by atoms with Gasteiger partial charge in [-0.2, -0.15) is 10.1 Å². The number of nitrogens with one attached hydrogen (secondary N) is 2. The molecule has 8 rings (SSSR count). The number of aromatic nitrogens is 6. The first-order valence-corrected chi connectivity index (χ1v) is 19.2. The predicted octanol–water partition coefficient (Wildman–Crippen LogP) is 6.28. The van der Waals surface area contributed by atoms with Gasteiger partial charge in [-0.1, -0.05) is 68.4 Å². The number of imide groups is 1. The summed E-state index contributed by atoms with van der Waals surface area (Å²) < 4.78 is 7.11. The molecule has 1 unspecified atom stereocenters. The Hall–Kier alpha value is -6.08. The van der Waals surface area contributed by atoms with E-state index in [1.165, 1.54) is 5.56 Å². The number of rotatable bonds is 9. The number of hydrogen-bond donors (Lipinski definition) is 2. The summed E-state index contributed by atoms with van der Waals surface area (Å²) in [5, 5.41) is 13.7. The lowest BCUT2D eigenvalue weighted by Gasteiger charge is -2.32. The summed E-state index contributed by atoms with van der Waals surface area (Å²) in [5.41, 5.74) is 9.38. The molecule has 0 aliphatic carbocycles. The maximum atomic E-state index is 12.7. The molecule has 13 nitrogen and oxygen atoms in total. The van der Waals surface area contributed by atoms with Crippen LogP contribution in [-0.2, 0) is 28.1 Å². The SMILES string of the molecule is Cc1cc(-c2ncnn3cc(-c4cccc(CN5CCC(c6ccc(C7CCC(=O)NC7=O)cc6)CC5)n4)cc23)ccc1CNC(=O)c1noc(C(C)(C)C)n1. The first-order chi connectivity index (χ1) is 27.0. The van der Waals surface area contributed by atoms with E-state index >= 15 is 0 Å². The second kappa shape index (κ2) is 15.2. The summed E-state index contributed by atoms with van der Waals surface area (Å²) in [4.78, 5) is 53.1. The van der Waals surface area contributed by atoms with Crippen molar-refractivity contribution in [3.05, 3.63) is 119 Å². The molecular formula is C43H45N9O4. The Morgan fingerprint density at radius 2 is 1.73 bits per heavy atom. The quantitative estimate of drug-likeness (QED) is 0.161. The molecule has 2 fully saturated rings. The van der Waals surface area contributed by atoms with Crippen LogP contribution in [0.25, 0.3) is 28.0 Å². The van der Waals surface area contributed by atoms with E-state index in [0.717, 1.165) is 82.9 Å². The van der Waals surface area contributed by atoms with Crippen LogP contribution in [0, 0.1) is 6.92 Å². The molecular weight excluding hydrogens is 707 g/mol. The van der Waals surface area contributed by atoms with E-state index in [4.69, 9.17) is 9.51 Å². The highest BCUT2D eigenvalue weighted by Crippen LogP contribution is 2.32. The van der Waals surface area contributed by atoms with E-state index in [1.54, 1.807) is 6.33 Å². The molecule has 2 aliphatic heterocycles. The minimum absolute atomic E-state index is 0.0193. The van der Waals surface area contributed by atoms with Gasteiger partial charge in [-0.05, 0) is 91.7 Å². The minimum atomic E-state index is -0.388. The predicted molar refractivity (Wildman–Crippen MR) is 209 cm³/mol. The van der Waals surface area contributed by atoms with Crippen molar-refractivity contribution in [2.75, 3.05) is 13.1 Å². The first kappa shape index (κ1) is 36.9. The van der Waals surface area contributed by atoms with E-state index in [1.807, 2.05) is 56.6 Å². The van der Waals surface area contributed by atoms with E-state index in [0.29, 0.717) is 31.2 Å². The Labute approximate surface area is 324 Å². The van der Waals surface area contributed by atoms with Crippen molar-refractivity contribution in [3.8, 4) is 22.5 Å². The van der Waals surface area contributed by atoms with Crippen molar-refractivity contribution < 1.29 is 18.9 Å². The Morgan fingerprint density at radius 1 is 0.946 bits per heavy atom. The van der Waals surface area contributed by atoms with E-state index in [9.17, 15) is 14.4 Å². The molecule has 4 aromatic heterocycles. The fourth-order valence-electron chi connectivity index (χ4n) is 7.60. The molecule has 6 heterocycles. The number of carbonyl (C=O) groups excluding carboxylic acids is 3. The molecule has 2 N–H and O–H groups in total. The fourth-order valence-corrected chi connectivity index (χ4v) is 7.60. The van der Waals surface area contributed by atoms with Crippen molar-refractivity contribution in [2.24, 2.45) is 0 Å². The third kappa shape index (κ3) is 7.85. The van der Waals surface area contributed by atoms with Crippen LogP contribution in [-0.4, -0.2) is 65.4 Å². The van der Waals surface area contributed by atoms with E-state index < -0.39 is 0 Å². The van der Waals surface area contributed by atoms with Gasteiger partial charge in [0.1, 0.15) is 6.33 Å². The third-order valence-corrected chi connectivity index (χ3v) is 10.9. The van der Waals surface area contributed by atoms with Crippen LogP contribution in [0.4, 0.5) is 0 Å². The highest BCUT2D eigenvalue weighted by atomic mass is 16.5. The van der Waals surface area contributed by atoms with Gasteiger partial charge in [0.2, 0.25) is 17.7 Å². The zero-order valence-electron chi connectivity index (χ0n) is 32.1. The maximum Gasteiger partial charge on any atom is 0.292 e. The number of amides is 3. The van der Waals surface area contributed by atoms with Gasteiger partial charge in [0, 0.05) is 42.2 Å². The van der Waals surface area contributed by atoms with Gasteiger partial charge >= 0.3 is 0 Å². The largest absolute Gasteiger partial charge is 0.345 e. The molecule has 3 amide bonds. The molecule has 2 aromatic carbocycles. The molecule has 2 saturated heterocycles. The smallest absolute Gasteiger partial charge is 0.292 e. The normalized spacial score (nSPS) is 17.0. The van der Waals surface area contributed by atoms with Crippen LogP contribution in [0.1, 0.15) is 103 Å². The Kier molecular flexibility index (Phi) is 10.0. The summed E-state index contributed by atoms with van der Waals surface area (Å²) in [5.74, 6) is -0.119. The van der Waals surface area contributed by atoms with Gasteiger partial charge in [-0.3, -0.25) is 29.6 Å². The van der Waals surface area contributed by atoms with Crippen LogP contribution in [0.5, 0.6) is 0 Å². The van der Waals surface area contributed by atoms with Crippen molar-refractivity contribution >= 4 is 23.2 Å². The minimum Gasteiger partial charge on any atom is -0.345 e. The van der Waals surface area contributed by atoms with Crippen LogP contribution in [0.3, 0.4) is 0 Å². The Bertz CT molecular complexity index is 2420. The van der Waals surface area contributed by atoms with Crippen molar-refractivity contribution in [2.45, 2.75) is 83.7 Å². The van der Waals surface area contributed by atoms with Gasteiger partial charge in [0.25, 0.3) is 11.7 Å². The van der Waals surface area contributed by atoms with Crippen molar-refractivity contribution in [1.29, 1.82) is 0 Å². The Balaban J connectivity index is 0.897. The average Bonchev–Trinajstić information content (AvgIpc) is 3.87. The molecule has 6 aromatic rings. The number of nitrogens with zero attached hydrogens (tertiary/aromatic N) is 7. The summed E-state index contributed by atoms with van der Waals surface area (Å²) in [6, 6.07) is 22.8. The first-order valence-electron chi connectivity index (χ1n) is 19.2. The van der Waals surface area contributed by atoms with E-state index in [-0.39, 0.29) is 34.9 Å². The molecule has 56 heavy (non-hydrogen) atoms. The zero-order valence-corrected chi connectivity index (χ0v) is 32.1. The number of benzene rings is 2. The Morgan fingerprint density at radius 3 is 2.46 bits per heavy atom. The molecule has 0 saturated carbocycles. The maximum absolute atomic E-state index is 12.7. The van der Waals surface area contributed by atoms with Crippen molar-refractivity contribution in [3.63, 3.8) is 0 Å². The number of aryl methyl sites for hydroxylation is 1. The van der Waals surface area contributed by atoms with Gasteiger partial charge in [0.15, 0.2) is 0 Å². The molecule has 0 radical (unpaired) electrons. The highest BCUT2D eigenvalue weighted by molar-refractivity contribution is 6.01. The van der Waals surface area contributed by atoms with Crippen molar-refractivity contribution in [1.82, 2.24) is 45.3 Å². The van der Waals surface area contributed by atoms with Crippen LogP contribution in [0.15, 0.2) is 83.8 Å². The van der Waals surface area contributed by atoms with Gasteiger partial charge in [-0.15, -0.1) is 0 Å². The van der Waals surface area contributed by atoms with Gasteiger partial charge < -0.3 is 9.84 Å². The average molecular weight is 752 g/mol. The third-order valence-electron chi connectivity index (χ3n) is 10.9. The molecule has 286 valence electrons. The second-order valence-electron chi connectivity index (χ2n) is 15.9. The van der Waals surface area contributed by atoms with Crippen LogP contribution in [0.2, 0.25) is 0 Å². The number of hydrogen-bond acceptors (Lipinski definition) is 10. The molecule has 1 atom stereocenters. The standard InChI is InChI=1S/C43H45N9O4/c1-26-20-30(12-13-31(26)22-44-41(55)39-49-42(56-50-39)43(2,3)4)38-36-21-32(23-52(36)46-25-45-38)35-7-5-6-33(47-35)24-51-18-16-28(17-19-51)27-8-10-29(11-9-27)34-14-15-37(53)48-40(34)54/h5-13,20-21,23,25,28,34H,14-19,22,24H2,1-4H3,(H,44,55)(H,48,53,54). The zero-order chi connectivity index (χ0) is 39.0. The number of likely N-dealkylation sites (tertiary alicyclic amines) is 1. The summed E-state index contributed by atoms with van der Waals surface area (Å²) in [7, 11) is 0. The van der Waals surface area contributed by atoms with Crippen LogP contribution >= 0.6 is 0 Å². The van der Waals surface area contributed by atoms with E-state index in [2.05, 4.69) is 84.3 Å². The second-order valence-corrected chi connectivity index (χ2v) is 15.9. The summed E-state index contributed by atoms with van der Waals surface area (Å²) >= 11 is 0. The number of piperidine rings is 2. The van der Waals surface area contributed by atoms with Crippen LogP contribution < -0.4 is 10.6 Å². The summed E-state index contributed by atoms with van der Waals surface area (Å²) in [6.07, 6.45) is 6.61. The number of pyridine rings is 1. The molecule has 0 spiro atoms. The number of carbonyl (C=O) groups is 3. The van der Waals surface area contributed by atoms with Gasteiger partial charge in [-0.25, -0.2) is 9.50 Å².